The largest absolute Gasteiger partial charge is 0.329 e. The number of likely N-dealkylation sites (N-methyl/N-ethyl adjacent to an activating group) is 1. The van der Waals surface area contributed by atoms with Gasteiger partial charge in [-0.15, -0.1) is 0 Å². The molecule has 1 aromatic heterocycles. The number of hydrogen-bond donors (Lipinski definition) is 1. The predicted molar refractivity (Wildman–Crippen MR) is 72.5 cm³/mol. The fourth-order valence-corrected chi connectivity index (χ4v) is 2.67. The van der Waals surface area contributed by atoms with E-state index >= 15 is 0 Å². The van der Waals surface area contributed by atoms with E-state index in [1.807, 2.05) is 4.68 Å². The van der Waals surface area contributed by atoms with Crippen molar-refractivity contribution in [1.29, 1.82) is 0 Å². The molecule has 6 heteroatoms. The highest BCUT2D eigenvalue weighted by Gasteiger charge is 2.17. The zero-order valence-corrected chi connectivity index (χ0v) is 11.0. The Hall–Kier alpha value is -1.40. The predicted octanol–water partition coefficient (Wildman–Crippen LogP) is 1.72. The van der Waals surface area contributed by atoms with Crippen molar-refractivity contribution in [1.82, 2.24) is 14.6 Å². The molecule has 18 heavy (non-hydrogen) atoms. The topological polar surface area (TPSA) is 27.2 Å². The van der Waals surface area contributed by atoms with Crippen LogP contribution in [0, 0.1) is 10.6 Å². The molecule has 0 unspecified atom stereocenters. The first-order chi connectivity index (χ1) is 8.65. The first-order valence-corrected chi connectivity index (χ1v) is 6.40. The summed E-state index contributed by atoms with van der Waals surface area (Å²) in [5.74, 6) is -0.246. The van der Waals surface area contributed by atoms with Crippen molar-refractivity contribution in [3.8, 4) is 0 Å². The van der Waals surface area contributed by atoms with Gasteiger partial charge in [0.2, 0.25) is 0 Å². The molecule has 1 saturated heterocycles. The molecule has 1 aliphatic rings. The maximum atomic E-state index is 13.2. The molecule has 1 aromatic carbocycles. The van der Waals surface area contributed by atoms with Gasteiger partial charge in [0.1, 0.15) is 5.82 Å². The summed E-state index contributed by atoms with van der Waals surface area (Å²) in [6.45, 7) is 3.87. The molecule has 2 heterocycles. The number of halogens is 1. The van der Waals surface area contributed by atoms with Crippen LogP contribution in [0.25, 0.3) is 11.0 Å². The first kappa shape index (κ1) is 11.7. The molecule has 4 nitrogen and oxygen atoms in total. The van der Waals surface area contributed by atoms with E-state index in [0.29, 0.717) is 4.77 Å². The molecule has 1 fully saturated rings. The third-order valence-corrected chi connectivity index (χ3v) is 3.66. The van der Waals surface area contributed by atoms with Gasteiger partial charge in [0, 0.05) is 26.2 Å². The minimum Gasteiger partial charge on any atom is -0.329 e. The monoisotopic (exact) mass is 266 g/mol. The number of imidazole rings is 1. The van der Waals surface area contributed by atoms with E-state index in [-0.39, 0.29) is 5.82 Å². The van der Waals surface area contributed by atoms with Gasteiger partial charge < -0.3 is 14.9 Å². The molecular weight excluding hydrogens is 251 g/mol. The number of rotatable bonds is 1. The standard InChI is InChI=1S/C12H15FN4S/c1-15-4-6-16(7-5-15)17-11-3-2-9(13)8-10(11)14-12(17)18/h2-3,8H,4-7H2,1H3,(H,14,18). The van der Waals surface area contributed by atoms with Crippen LogP contribution in [0.15, 0.2) is 18.2 Å². The van der Waals surface area contributed by atoms with Gasteiger partial charge in [-0.25, -0.2) is 9.07 Å². The number of aromatic amines is 1. The van der Waals surface area contributed by atoms with Gasteiger partial charge in [-0.1, -0.05) is 0 Å². The third-order valence-electron chi connectivity index (χ3n) is 3.38. The Balaban J connectivity index is 2.06. The molecule has 0 radical (unpaired) electrons. The van der Waals surface area contributed by atoms with Crippen molar-refractivity contribution in [2.45, 2.75) is 0 Å². The minimum absolute atomic E-state index is 0.246. The second kappa shape index (κ2) is 4.37. The molecule has 0 saturated carbocycles. The summed E-state index contributed by atoms with van der Waals surface area (Å²) < 4.78 is 15.8. The van der Waals surface area contributed by atoms with Crippen LogP contribution >= 0.6 is 12.2 Å². The van der Waals surface area contributed by atoms with Crippen LogP contribution < -0.4 is 5.01 Å². The average molecular weight is 266 g/mol. The lowest BCUT2D eigenvalue weighted by atomic mass is 10.3. The van der Waals surface area contributed by atoms with Crippen LogP contribution in [-0.4, -0.2) is 47.8 Å². The summed E-state index contributed by atoms with van der Waals surface area (Å²) in [6.07, 6.45) is 0. The third kappa shape index (κ3) is 1.91. The zero-order chi connectivity index (χ0) is 12.7. The Labute approximate surface area is 110 Å². The molecule has 3 rings (SSSR count). The number of nitrogens with zero attached hydrogens (tertiary/aromatic N) is 3. The summed E-state index contributed by atoms with van der Waals surface area (Å²) in [7, 11) is 2.11. The lowest BCUT2D eigenvalue weighted by Crippen LogP contribution is -2.49. The molecule has 96 valence electrons. The Morgan fingerprint density at radius 3 is 2.67 bits per heavy atom. The second-order valence-corrected chi connectivity index (χ2v) is 5.05. The highest BCUT2D eigenvalue weighted by atomic mass is 32.1. The number of nitrogens with one attached hydrogen (secondary N) is 1. The van der Waals surface area contributed by atoms with Crippen LogP contribution in [0.1, 0.15) is 0 Å². The van der Waals surface area contributed by atoms with Gasteiger partial charge in [0.15, 0.2) is 4.77 Å². The van der Waals surface area contributed by atoms with Crippen molar-refractivity contribution >= 4 is 23.3 Å². The second-order valence-electron chi connectivity index (χ2n) is 4.66. The van der Waals surface area contributed by atoms with E-state index in [9.17, 15) is 4.39 Å². The van der Waals surface area contributed by atoms with Crippen LogP contribution in [0.4, 0.5) is 4.39 Å². The van der Waals surface area contributed by atoms with Crippen molar-refractivity contribution in [3.05, 3.63) is 28.8 Å². The van der Waals surface area contributed by atoms with Crippen LogP contribution in [0.5, 0.6) is 0 Å². The van der Waals surface area contributed by atoms with Crippen LogP contribution in [-0.2, 0) is 0 Å². The van der Waals surface area contributed by atoms with E-state index < -0.39 is 0 Å². The summed E-state index contributed by atoms with van der Waals surface area (Å²) in [5.41, 5.74) is 1.69. The van der Waals surface area contributed by atoms with Gasteiger partial charge in [0.25, 0.3) is 0 Å². The molecule has 0 aliphatic carbocycles. The summed E-state index contributed by atoms with van der Waals surface area (Å²) >= 11 is 5.34. The van der Waals surface area contributed by atoms with Crippen molar-refractivity contribution in [2.24, 2.45) is 0 Å². The molecule has 0 amide bonds. The highest BCUT2D eigenvalue weighted by Crippen LogP contribution is 2.16. The summed E-state index contributed by atoms with van der Waals surface area (Å²) in [6, 6.07) is 4.73. The number of fused-ring (bicyclic) bond motifs is 1. The fraction of sp³-hybridized carbons (Fsp3) is 0.417. The van der Waals surface area contributed by atoms with Gasteiger partial charge >= 0.3 is 0 Å². The van der Waals surface area contributed by atoms with Crippen molar-refractivity contribution in [2.75, 3.05) is 38.2 Å². The summed E-state index contributed by atoms with van der Waals surface area (Å²) in [4.78, 5) is 5.35. The zero-order valence-electron chi connectivity index (χ0n) is 10.2. The normalized spacial score (nSPS) is 17.6. The molecule has 0 atom stereocenters. The van der Waals surface area contributed by atoms with Gasteiger partial charge in [-0.05, 0) is 37.5 Å². The number of piperazine rings is 1. The average Bonchev–Trinajstić information content (AvgIpc) is 2.65. The van der Waals surface area contributed by atoms with E-state index in [4.69, 9.17) is 12.2 Å². The summed E-state index contributed by atoms with van der Waals surface area (Å²) in [5, 5.41) is 2.21. The number of hydrogen-bond acceptors (Lipinski definition) is 3. The smallest absolute Gasteiger partial charge is 0.197 e. The number of aromatic nitrogens is 2. The van der Waals surface area contributed by atoms with Gasteiger partial charge in [0.05, 0.1) is 11.0 Å². The lowest BCUT2D eigenvalue weighted by molar-refractivity contribution is 0.288. The molecule has 1 aliphatic heterocycles. The van der Waals surface area contributed by atoms with E-state index in [1.54, 1.807) is 6.07 Å². The number of benzene rings is 1. The van der Waals surface area contributed by atoms with E-state index in [1.165, 1.54) is 12.1 Å². The van der Waals surface area contributed by atoms with Crippen molar-refractivity contribution < 1.29 is 4.39 Å². The molecular formula is C12H15FN4S. The molecule has 0 spiro atoms. The molecule has 2 aromatic rings. The SMILES string of the molecule is CN1CCN(n2c(=S)[nH]c3cc(F)ccc32)CC1. The maximum Gasteiger partial charge on any atom is 0.197 e. The van der Waals surface area contributed by atoms with Crippen LogP contribution in [0.3, 0.4) is 0 Å². The molecule has 1 N–H and O–H groups in total. The fourth-order valence-electron chi connectivity index (χ4n) is 2.35. The molecule has 0 bridgehead atoms. The Kier molecular flexibility index (Phi) is 2.83. The Bertz CT molecular complexity index is 625. The quantitative estimate of drug-likeness (QED) is 0.796. The first-order valence-electron chi connectivity index (χ1n) is 5.99. The lowest BCUT2D eigenvalue weighted by Gasteiger charge is -2.34. The van der Waals surface area contributed by atoms with Crippen LogP contribution in [0.2, 0.25) is 0 Å². The van der Waals surface area contributed by atoms with Gasteiger partial charge in [-0.3, -0.25) is 0 Å². The van der Waals surface area contributed by atoms with E-state index in [2.05, 4.69) is 21.9 Å². The minimum atomic E-state index is -0.246. The van der Waals surface area contributed by atoms with Crippen molar-refractivity contribution in [3.63, 3.8) is 0 Å². The van der Waals surface area contributed by atoms with E-state index in [0.717, 1.165) is 37.2 Å². The Morgan fingerprint density at radius 1 is 1.22 bits per heavy atom. The maximum absolute atomic E-state index is 13.2. The number of H-pyrrole nitrogens is 1. The Morgan fingerprint density at radius 2 is 1.94 bits per heavy atom. The van der Waals surface area contributed by atoms with Gasteiger partial charge in [-0.2, -0.15) is 0 Å². The highest BCUT2D eigenvalue weighted by molar-refractivity contribution is 7.71.